The maximum absolute atomic E-state index is 12.8. The van der Waals surface area contributed by atoms with Crippen LogP contribution in [0.4, 0.5) is 0 Å². The Kier molecular flexibility index (Phi) is 5.93. The average molecular weight is 491 g/mol. The van der Waals surface area contributed by atoms with Gasteiger partial charge in [0.15, 0.2) is 0 Å². The summed E-state index contributed by atoms with van der Waals surface area (Å²) < 4.78 is 29.3. The zero-order chi connectivity index (χ0) is 21.1. The van der Waals surface area contributed by atoms with Gasteiger partial charge in [-0.15, -0.1) is 5.10 Å². The topological polar surface area (TPSA) is 101 Å². The maximum atomic E-state index is 12.8. The van der Waals surface area contributed by atoms with Crippen LogP contribution in [0.5, 0.6) is 0 Å². The van der Waals surface area contributed by atoms with E-state index in [0.717, 1.165) is 11.3 Å². The molecule has 1 saturated heterocycles. The summed E-state index contributed by atoms with van der Waals surface area (Å²) in [5.74, 6) is -0.0234. The Morgan fingerprint density at radius 1 is 1.03 bits per heavy atom. The van der Waals surface area contributed by atoms with Crippen molar-refractivity contribution in [3.63, 3.8) is 0 Å². The Bertz CT molecular complexity index is 1130. The molecule has 0 unspecified atom stereocenters. The molecular weight excluding hydrogens is 472 g/mol. The summed E-state index contributed by atoms with van der Waals surface area (Å²) >= 11 is 3.31. The van der Waals surface area contributed by atoms with Crippen LogP contribution in [0.1, 0.15) is 5.56 Å². The number of carbonyl (C=O) groups excluding carboxylic acids is 1. The van der Waals surface area contributed by atoms with E-state index >= 15 is 0 Å². The third-order valence-corrected chi connectivity index (χ3v) is 7.32. The number of aromatic nitrogens is 4. The van der Waals surface area contributed by atoms with Crippen LogP contribution in [0.15, 0.2) is 64.2 Å². The fraction of sp³-hybridized carbons (Fsp3) is 0.263. The number of carbonyl (C=O) groups is 1. The van der Waals surface area contributed by atoms with Crippen LogP contribution in [-0.2, 0) is 21.2 Å². The lowest BCUT2D eigenvalue weighted by Crippen LogP contribution is -2.50. The summed E-state index contributed by atoms with van der Waals surface area (Å²) in [4.78, 5) is 14.6. The average Bonchev–Trinajstić information content (AvgIpc) is 3.29. The quantitative estimate of drug-likeness (QED) is 0.536. The van der Waals surface area contributed by atoms with E-state index in [4.69, 9.17) is 0 Å². The lowest BCUT2D eigenvalue weighted by atomic mass is 10.1. The minimum atomic E-state index is -3.57. The van der Waals surface area contributed by atoms with E-state index in [1.807, 2.05) is 24.3 Å². The third kappa shape index (κ3) is 4.42. The Labute approximate surface area is 182 Å². The highest BCUT2D eigenvalue weighted by molar-refractivity contribution is 9.10. The molecule has 0 aliphatic carbocycles. The molecule has 0 N–H and O–H groups in total. The summed E-state index contributed by atoms with van der Waals surface area (Å²) in [5, 5.41) is 11.0. The van der Waals surface area contributed by atoms with E-state index < -0.39 is 10.0 Å². The van der Waals surface area contributed by atoms with Crippen LogP contribution < -0.4 is 0 Å². The first kappa shape index (κ1) is 20.6. The van der Waals surface area contributed by atoms with E-state index in [-0.39, 0.29) is 30.3 Å². The first-order chi connectivity index (χ1) is 14.4. The van der Waals surface area contributed by atoms with Crippen molar-refractivity contribution >= 4 is 31.9 Å². The lowest BCUT2D eigenvalue weighted by molar-refractivity contribution is -0.131. The molecule has 0 atom stereocenters. The summed E-state index contributed by atoms with van der Waals surface area (Å²) in [6.07, 6.45) is 1.76. The van der Waals surface area contributed by atoms with Gasteiger partial charge in [0.1, 0.15) is 6.33 Å². The maximum Gasteiger partial charge on any atom is 0.243 e. The van der Waals surface area contributed by atoms with Gasteiger partial charge < -0.3 is 4.90 Å². The number of sulfonamides is 1. The van der Waals surface area contributed by atoms with Gasteiger partial charge in [-0.2, -0.15) is 4.31 Å². The van der Waals surface area contributed by atoms with Gasteiger partial charge in [-0.3, -0.25) is 4.79 Å². The highest BCUT2D eigenvalue weighted by Gasteiger charge is 2.30. The first-order valence-corrected chi connectivity index (χ1v) is 11.5. The van der Waals surface area contributed by atoms with Gasteiger partial charge in [0, 0.05) is 30.7 Å². The number of piperazine rings is 1. The number of hydrogen-bond donors (Lipinski definition) is 0. The van der Waals surface area contributed by atoms with Crippen molar-refractivity contribution in [1.29, 1.82) is 0 Å². The molecule has 3 aromatic rings. The number of hydrogen-bond acceptors (Lipinski definition) is 6. The molecule has 2 aromatic carbocycles. The molecular formula is C19H19BrN6O3S. The van der Waals surface area contributed by atoms with Crippen LogP contribution in [0, 0.1) is 0 Å². The molecule has 4 rings (SSSR count). The molecule has 1 fully saturated rings. The van der Waals surface area contributed by atoms with Crippen LogP contribution in [0.25, 0.3) is 5.69 Å². The predicted octanol–water partition coefficient (Wildman–Crippen LogP) is 1.50. The molecule has 30 heavy (non-hydrogen) atoms. The normalized spacial score (nSPS) is 15.3. The molecule has 1 aromatic heterocycles. The lowest BCUT2D eigenvalue weighted by Gasteiger charge is -2.34. The summed E-state index contributed by atoms with van der Waals surface area (Å²) in [6.45, 7) is 1.29. The van der Waals surface area contributed by atoms with E-state index in [1.54, 1.807) is 29.2 Å². The Balaban J connectivity index is 1.35. The molecule has 2 heterocycles. The highest BCUT2D eigenvalue weighted by Crippen LogP contribution is 2.21. The summed E-state index contributed by atoms with van der Waals surface area (Å²) in [6, 6.07) is 14.1. The fourth-order valence-electron chi connectivity index (χ4n) is 3.29. The smallest absolute Gasteiger partial charge is 0.243 e. The zero-order valence-electron chi connectivity index (χ0n) is 15.9. The van der Waals surface area contributed by atoms with Gasteiger partial charge >= 0.3 is 0 Å². The van der Waals surface area contributed by atoms with E-state index in [0.29, 0.717) is 17.6 Å². The number of tetrazole rings is 1. The second kappa shape index (κ2) is 8.62. The largest absolute Gasteiger partial charge is 0.340 e. The molecule has 0 radical (unpaired) electrons. The Hall–Kier alpha value is -2.63. The van der Waals surface area contributed by atoms with Crippen molar-refractivity contribution in [2.24, 2.45) is 0 Å². The monoisotopic (exact) mass is 490 g/mol. The zero-order valence-corrected chi connectivity index (χ0v) is 18.3. The molecule has 0 saturated carbocycles. The minimum Gasteiger partial charge on any atom is -0.340 e. The molecule has 1 aliphatic rings. The summed E-state index contributed by atoms with van der Waals surface area (Å²) in [7, 11) is -3.57. The van der Waals surface area contributed by atoms with Crippen LogP contribution in [0.2, 0.25) is 0 Å². The van der Waals surface area contributed by atoms with Gasteiger partial charge in [0.25, 0.3) is 0 Å². The van der Waals surface area contributed by atoms with Crippen molar-refractivity contribution < 1.29 is 13.2 Å². The number of amides is 1. The number of halogens is 1. The van der Waals surface area contributed by atoms with Gasteiger partial charge in [0.05, 0.1) is 17.0 Å². The number of benzene rings is 2. The van der Waals surface area contributed by atoms with Gasteiger partial charge in [-0.25, -0.2) is 13.1 Å². The molecule has 11 heteroatoms. The van der Waals surface area contributed by atoms with Gasteiger partial charge in [0.2, 0.25) is 15.9 Å². The van der Waals surface area contributed by atoms with E-state index in [1.165, 1.54) is 15.3 Å². The highest BCUT2D eigenvalue weighted by atomic mass is 79.9. The molecule has 1 aliphatic heterocycles. The van der Waals surface area contributed by atoms with Gasteiger partial charge in [-0.1, -0.05) is 34.1 Å². The molecule has 1 amide bonds. The van der Waals surface area contributed by atoms with Crippen molar-refractivity contribution in [3.8, 4) is 5.69 Å². The van der Waals surface area contributed by atoms with Crippen LogP contribution >= 0.6 is 15.9 Å². The van der Waals surface area contributed by atoms with Crippen molar-refractivity contribution in [2.75, 3.05) is 26.2 Å². The van der Waals surface area contributed by atoms with E-state index in [9.17, 15) is 13.2 Å². The molecule has 0 bridgehead atoms. The van der Waals surface area contributed by atoms with Crippen LogP contribution in [-0.4, -0.2) is 69.9 Å². The second-order valence-corrected chi connectivity index (χ2v) is 9.69. The predicted molar refractivity (Wildman–Crippen MR) is 112 cm³/mol. The van der Waals surface area contributed by atoms with Crippen molar-refractivity contribution in [3.05, 3.63) is 64.9 Å². The Morgan fingerprint density at radius 2 is 1.77 bits per heavy atom. The summed E-state index contributed by atoms with van der Waals surface area (Å²) in [5.41, 5.74) is 1.68. The molecule has 156 valence electrons. The minimum absolute atomic E-state index is 0.0234. The van der Waals surface area contributed by atoms with Crippen molar-refractivity contribution in [1.82, 2.24) is 29.4 Å². The fourth-order valence-corrected chi connectivity index (χ4v) is 5.31. The molecule has 9 nitrogen and oxygen atoms in total. The SMILES string of the molecule is O=C(Cc1ccc(-n2cnnn2)cc1)N1CCN(S(=O)(=O)c2cccc(Br)c2)CC1. The molecule has 0 spiro atoms. The van der Waals surface area contributed by atoms with Crippen molar-refractivity contribution in [2.45, 2.75) is 11.3 Å². The first-order valence-electron chi connectivity index (χ1n) is 9.29. The number of rotatable bonds is 5. The van der Waals surface area contributed by atoms with Gasteiger partial charge in [-0.05, 0) is 46.3 Å². The standard InChI is InChI=1S/C19H19BrN6O3S/c20-16-2-1-3-18(13-16)30(28,29)25-10-8-24(9-11-25)19(27)12-15-4-6-17(7-5-15)26-14-21-22-23-26/h1-7,13-14H,8-12H2. The Morgan fingerprint density at radius 3 is 2.40 bits per heavy atom. The second-order valence-electron chi connectivity index (χ2n) is 6.84. The number of nitrogens with zero attached hydrogens (tertiary/aromatic N) is 6. The van der Waals surface area contributed by atoms with Crippen LogP contribution in [0.3, 0.4) is 0 Å². The third-order valence-electron chi connectivity index (χ3n) is 4.93. The van der Waals surface area contributed by atoms with E-state index in [2.05, 4.69) is 31.5 Å².